The lowest BCUT2D eigenvalue weighted by atomic mass is 9.77. The maximum atomic E-state index is 14.7. The van der Waals surface area contributed by atoms with Crippen LogP contribution in [0.2, 0.25) is 0 Å². The summed E-state index contributed by atoms with van der Waals surface area (Å²) in [5.41, 5.74) is -0.135. The van der Waals surface area contributed by atoms with Crippen molar-refractivity contribution in [3.8, 4) is 11.5 Å². The van der Waals surface area contributed by atoms with Gasteiger partial charge in [-0.2, -0.15) is 8.78 Å². The van der Waals surface area contributed by atoms with Crippen LogP contribution in [0.4, 0.5) is 22.0 Å². The van der Waals surface area contributed by atoms with Gasteiger partial charge in [-0.25, -0.2) is 13.2 Å². The number of benzene rings is 1. The SMILES string of the molecule is CCCC12COC(C3CCC(C(F)(F)Oc4cc(F)c(OCF)c(F)c4)CC3)(OC1)OC2. The third kappa shape index (κ3) is 4.41. The maximum absolute atomic E-state index is 14.7. The Balaban J connectivity index is 1.36. The maximum Gasteiger partial charge on any atom is 0.400 e. The summed E-state index contributed by atoms with van der Waals surface area (Å²) < 4.78 is 96.0. The van der Waals surface area contributed by atoms with Crippen LogP contribution in [-0.4, -0.2) is 38.8 Å². The Hall–Kier alpha value is -1.65. The fourth-order valence-corrected chi connectivity index (χ4v) is 4.92. The van der Waals surface area contributed by atoms with Crippen LogP contribution in [0.3, 0.4) is 0 Å². The molecule has 3 saturated heterocycles. The van der Waals surface area contributed by atoms with Gasteiger partial charge in [0.25, 0.3) is 5.97 Å². The van der Waals surface area contributed by atoms with E-state index in [1.807, 2.05) is 0 Å². The molecule has 3 aliphatic heterocycles. The normalized spacial score (nSPS) is 32.7. The number of hydrogen-bond donors (Lipinski definition) is 0. The van der Waals surface area contributed by atoms with Gasteiger partial charge >= 0.3 is 6.11 Å². The van der Waals surface area contributed by atoms with Crippen molar-refractivity contribution in [1.82, 2.24) is 0 Å². The predicted octanol–water partition coefficient (Wildman–Crippen LogP) is 5.57. The van der Waals surface area contributed by atoms with Crippen LogP contribution in [-0.2, 0) is 14.2 Å². The lowest BCUT2D eigenvalue weighted by Crippen LogP contribution is -2.63. The first-order valence-electron chi connectivity index (χ1n) is 10.9. The molecule has 0 atom stereocenters. The molecule has 2 bridgehead atoms. The predicted molar refractivity (Wildman–Crippen MR) is 102 cm³/mol. The smallest absolute Gasteiger partial charge is 0.400 e. The lowest BCUT2D eigenvalue weighted by molar-refractivity contribution is -0.489. The summed E-state index contributed by atoms with van der Waals surface area (Å²) in [4.78, 5) is 0. The summed E-state index contributed by atoms with van der Waals surface area (Å²) >= 11 is 0. The van der Waals surface area contributed by atoms with Crippen LogP contribution in [0, 0.1) is 28.9 Å². The number of rotatable bonds is 8. The molecule has 4 aliphatic rings. The molecule has 32 heavy (non-hydrogen) atoms. The van der Waals surface area contributed by atoms with E-state index in [0.29, 0.717) is 44.8 Å². The minimum absolute atomic E-state index is 0.101. The fraction of sp³-hybridized carbons (Fsp3) is 0.727. The third-order valence-electron chi connectivity index (χ3n) is 6.65. The minimum atomic E-state index is -3.65. The standard InChI is InChI=1S/C22H27F5O5/c1-2-7-20-10-29-22(30-11-20,31-12-20)15-5-3-14(4-6-15)21(26,27)32-16-8-17(24)19(28-13-23)18(25)9-16/h8-9,14-15H,2-7,10-13H2,1H3. The van der Waals surface area contributed by atoms with E-state index in [4.69, 9.17) is 14.2 Å². The van der Waals surface area contributed by atoms with Gasteiger partial charge in [0.1, 0.15) is 5.75 Å². The van der Waals surface area contributed by atoms with E-state index in [1.165, 1.54) is 0 Å². The Kier molecular flexibility index (Phi) is 6.57. The molecule has 0 radical (unpaired) electrons. The Morgan fingerprint density at radius 1 is 1.00 bits per heavy atom. The van der Waals surface area contributed by atoms with E-state index < -0.39 is 48.0 Å². The Labute approximate surface area is 183 Å². The highest BCUT2D eigenvalue weighted by Gasteiger charge is 2.57. The van der Waals surface area contributed by atoms with Crippen LogP contribution in [0.25, 0.3) is 0 Å². The molecule has 0 aromatic heterocycles. The molecule has 5 rings (SSSR count). The van der Waals surface area contributed by atoms with Crippen molar-refractivity contribution in [2.75, 3.05) is 26.7 Å². The molecular weight excluding hydrogens is 439 g/mol. The van der Waals surface area contributed by atoms with Crippen LogP contribution >= 0.6 is 0 Å². The van der Waals surface area contributed by atoms with E-state index in [0.717, 1.165) is 12.8 Å². The van der Waals surface area contributed by atoms with E-state index in [9.17, 15) is 22.0 Å². The van der Waals surface area contributed by atoms with Crippen molar-refractivity contribution < 1.29 is 45.6 Å². The van der Waals surface area contributed by atoms with Crippen molar-refractivity contribution in [3.05, 3.63) is 23.8 Å². The molecule has 10 heteroatoms. The second-order valence-electron chi connectivity index (χ2n) is 8.90. The molecule has 5 nitrogen and oxygen atoms in total. The van der Waals surface area contributed by atoms with E-state index >= 15 is 0 Å². The van der Waals surface area contributed by atoms with E-state index in [-0.39, 0.29) is 24.2 Å². The summed E-state index contributed by atoms with van der Waals surface area (Å²) in [7, 11) is 0. The Morgan fingerprint density at radius 3 is 2.06 bits per heavy atom. The van der Waals surface area contributed by atoms with Gasteiger partial charge in [-0.05, 0) is 32.1 Å². The minimum Gasteiger partial charge on any atom is -0.457 e. The summed E-state index contributed by atoms with van der Waals surface area (Å²) in [6.07, 6.45) is -0.786. The highest BCUT2D eigenvalue weighted by atomic mass is 19.3. The molecule has 3 heterocycles. The molecule has 0 N–H and O–H groups in total. The number of halogens is 5. The van der Waals surface area contributed by atoms with Gasteiger partial charge in [0, 0.05) is 23.5 Å². The monoisotopic (exact) mass is 466 g/mol. The van der Waals surface area contributed by atoms with Crippen LogP contribution in [0.1, 0.15) is 45.4 Å². The first-order valence-corrected chi connectivity index (χ1v) is 10.9. The van der Waals surface area contributed by atoms with Crippen molar-refractivity contribution >= 4 is 0 Å². The fourth-order valence-electron chi connectivity index (χ4n) is 4.92. The van der Waals surface area contributed by atoms with E-state index in [1.54, 1.807) is 0 Å². The van der Waals surface area contributed by atoms with Gasteiger partial charge in [0.05, 0.1) is 25.7 Å². The molecule has 1 aromatic rings. The van der Waals surface area contributed by atoms with Crippen LogP contribution in [0.5, 0.6) is 11.5 Å². The zero-order valence-corrected chi connectivity index (χ0v) is 17.8. The molecule has 0 amide bonds. The highest BCUT2D eigenvalue weighted by molar-refractivity contribution is 5.35. The number of fused-ring (bicyclic) bond motifs is 3. The molecule has 4 fully saturated rings. The average molecular weight is 466 g/mol. The number of ether oxygens (including phenoxy) is 5. The Bertz CT molecular complexity index is 764. The molecular formula is C22H27F5O5. The topological polar surface area (TPSA) is 46.2 Å². The van der Waals surface area contributed by atoms with E-state index in [2.05, 4.69) is 16.4 Å². The Morgan fingerprint density at radius 2 is 1.56 bits per heavy atom. The van der Waals surface area contributed by atoms with Gasteiger partial charge in [0.2, 0.25) is 6.86 Å². The average Bonchev–Trinajstić information content (AvgIpc) is 2.77. The van der Waals surface area contributed by atoms with Crippen molar-refractivity contribution in [3.63, 3.8) is 0 Å². The second-order valence-corrected chi connectivity index (χ2v) is 8.90. The third-order valence-corrected chi connectivity index (χ3v) is 6.65. The molecule has 0 spiro atoms. The number of alkyl halides is 3. The second kappa shape index (κ2) is 8.95. The van der Waals surface area contributed by atoms with Gasteiger partial charge in [-0.3, -0.25) is 0 Å². The lowest BCUT2D eigenvalue weighted by Gasteiger charge is -2.55. The van der Waals surface area contributed by atoms with Gasteiger partial charge < -0.3 is 23.7 Å². The molecule has 1 saturated carbocycles. The zero-order valence-electron chi connectivity index (χ0n) is 17.8. The summed E-state index contributed by atoms with van der Waals surface area (Å²) in [6, 6.07) is 1.10. The summed E-state index contributed by atoms with van der Waals surface area (Å²) in [5.74, 6) is -6.86. The molecule has 180 valence electrons. The van der Waals surface area contributed by atoms with Gasteiger partial charge in [-0.15, -0.1) is 0 Å². The number of hydrogen-bond acceptors (Lipinski definition) is 5. The van der Waals surface area contributed by atoms with Crippen molar-refractivity contribution in [1.29, 1.82) is 0 Å². The zero-order chi connectivity index (χ0) is 23.0. The quantitative estimate of drug-likeness (QED) is 0.469. The van der Waals surface area contributed by atoms with Crippen LogP contribution < -0.4 is 9.47 Å². The van der Waals surface area contributed by atoms with Gasteiger partial charge in [-0.1, -0.05) is 13.3 Å². The molecule has 1 aliphatic carbocycles. The van der Waals surface area contributed by atoms with Crippen molar-refractivity contribution in [2.24, 2.45) is 17.3 Å². The first kappa shape index (κ1) is 23.5. The summed E-state index contributed by atoms with van der Waals surface area (Å²) in [6.45, 7) is 2.22. The first-order chi connectivity index (χ1) is 15.2. The summed E-state index contributed by atoms with van der Waals surface area (Å²) in [5, 5.41) is 0. The molecule has 0 unspecified atom stereocenters. The highest BCUT2D eigenvalue weighted by Crippen LogP contribution is 2.50. The molecule has 1 aromatic carbocycles. The van der Waals surface area contributed by atoms with Gasteiger partial charge in [0.15, 0.2) is 17.4 Å². The largest absolute Gasteiger partial charge is 0.457 e. The van der Waals surface area contributed by atoms with Crippen molar-refractivity contribution in [2.45, 2.75) is 57.5 Å². The van der Waals surface area contributed by atoms with Crippen LogP contribution in [0.15, 0.2) is 12.1 Å².